The topological polar surface area (TPSA) is 81.9 Å². The molecule has 0 radical (unpaired) electrons. The smallest absolute Gasteiger partial charge is 0.153 e. The van der Waals surface area contributed by atoms with Gasteiger partial charge in [-0.15, -0.1) is 5.10 Å². The number of aromatic nitrogens is 3. The van der Waals surface area contributed by atoms with Crippen molar-refractivity contribution in [2.75, 3.05) is 0 Å². The van der Waals surface area contributed by atoms with E-state index in [1.807, 2.05) is 20.0 Å². The predicted molar refractivity (Wildman–Crippen MR) is 61.3 cm³/mol. The highest BCUT2D eigenvalue weighted by Gasteiger charge is 2.23. The molecule has 0 fully saturated rings. The first-order valence-electron chi connectivity index (χ1n) is 4.70. The van der Waals surface area contributed by atoms with E-state index in [9.17, 15) is 0 Å². The van der Waals surface area contributed by atoms with Gasteiger partial charge in [0, 0.05) is 12.6 Å². The molecule has 0 amide bonds. The standard InChI is InChI=1S/C9H12BrN5O/c1-5-6(3-4-16-5)7(12-11)8-9(10)13-14-15(8)2/h3-4,7,12H,11H2,1-2H3. The first kappa shape index (κ1) is 11.3. The predicted octanol–water partition coefficient (Wildman–Crippen LogP) is 1.03. The Labute approximate surface area is 101 Å². The number of nitrogens with two attached hydrogens (primary N) is 1. The molecule has 0 saturated heterocycles. The summed E-state index contributed by atoms with van der Waals surface area (Å²) in [5, 5.41) is 7.85. The number of hydrogen-bond acceptors (Lipinski definition) is 5. The van der Waals surface area contributed by atoms with Gasteiger partial charge < -0.3 is 4.42 Å². The Kier molecular flexibility index (Phi) is 3.08. The Bertz CT molecular complexity index is 472. The van der Waals surface area contributed by atoms with Crippen LogP contribution in [0.1, 0.15) is 23.1 Å². The molecule has 3 N–H and O–H groups in total. The molecule has 0 aromatic carbocycles. The second-order valence-electron chi connectivity index (χ2n) is 3.42. The van der Waals surface area contributed by atoms with Crippen LogP contribution in [0.15, 0.2) is 21.3 Å². The highest BCUT2D eigenvalue weighted by atomic mass is 79.9. The van der Waals surface area contributed by atoms with Gasteiger partial charge in [0.2, 0.25) is 0 Å². The first-order chi connectivity index (χ1) is 7.65. The average Bonchev–Trinajstić information content (AvgIpc) is 2.80. The summed E-state index contributed by atoms with van der Waals surface area (Å²) in [5.41, 5.74) is 4.56. The van der Waals surface area contributed by atoms with Crippen LogP contribution >= 0.6 is 15.9 Å². The van der Waals surface area contributed by atoms with Crippen LogP contribution in [0, 0.1) is 6.92 Å². The molecule has 2 aromatic heterocycles. The van der Waals surface area contributed by atoms with Crippen LogP contribution in [0.4, 0.5) is 0 Å². The van der Waals surface area contributed by atoms with Gasteiger partial charge in [0.25, 0.3) is 0 Å². The fourth-order valence-corrected chi connectivity index (χ4v) is 2.21. The quantitative estimate of drug-likeness (QED) is 0.650. The maximum atomic E-state index is 5.58. The summed E-state index contributed by atoms with van der Waals surface area (Å²) < 4.78 is 7.60. The molecule has 0 aliphatic rings. The number of nitrogens with zero attached hydrogens (tertiary/aromatic N) is 3. The van der Waals surface area contributed by atoms with Crippen molar-refractivity contribution in [2.45, 2.75) is 13.0 Å². The van der Waals surface area contributed by atoms with E-state index in [1.165, 1.54) is 0 Å². The second kappa shape index (κ2) is 4.36. The van der Waals surface area contributed by atoms with Gasteiger partial charge in [-0.1, -0.05) is 5.21 Å². The molecule has 6 nitrogen and oxygen atoms in total. The van der Waals surface area contributed by atoms with Crippen molar-refractivity contribution >= 4 is 15.9 Å². The van der Waals surface area contributed by atoms with Crippen LogP contribution < -0.4 is 11.3 Å². The maximum Gasteiger partial charge on any atom is 0.153 e. The molecule has 86 valence electrons. The molecule has 1 atom stereocenters. The van der Waals surface area contributed by atoms with Gasteiger partial charge in [0.1, 0.15) is 5.76 Å². The number of rotatable bonds is 3. The molecule has 1 unspecified atom stereocenters. The van der Waals surface area contributed by atoms with Crippen molar-refractivity contribution in [3.63, 3.8) is 0 Å². The summed E-state index contributed by atoms with van der Waals surface area (Å²) in [6.45, 7) is 1.89. The molecule has 0 aliphatic carbocycles. The Morgan fingerprint density at radius 3 is 2.81 bits per heavy atom. The molecule has 0 saturated carbocycles. The Morgan fingerprint density at radius 1 is 1.62 bits per heavy atom. The summed E-state index contributed by atoms with van der Waals surface area (Å²) in [7, 11) is 1.81. The summed E-state index contributed by atoms with van der Waals surface area (Å²) in [5.74, 6) is 6.40. The van der Waals surface area contributed by atoms with Gasteiger partial charge >= 0.3 is 0 Å². The highest BCUT2D eigenvalue weighted by Crippen LogP contribution is 2.28. The van der Waals surface area contributed by atoms with Gasteiger partial charge in [0.05, 0.1) is 18.0 Å². The molecule has 0 bridgehead atoms. The molecule has 2 aromatic rings. The summed E-state index contributed by atoms with van der Waals surface area (Å²) in [6, 6.07) is 1.67. The van der Waals surface area contributed by atoms with E-state index in [4.69, 9.17) is 10.3 Å². The molecule has 2 rings (SSSR count). The van der Waals surface area contributed by atoms with Gasteiger partial charge in [-0.2, -0.15) is 0 Å². The molecule has 0 aliphatic heterocycles. The fraction of sp³-hybridized carbons (Fsp3) is 0.333. The Balaban J connectivity index is 2.49. The van der Waals surface area contributed by atoms with Gasteiger partial charge in [-0.3, -0.25) is 5.84 Å². The number of halogens is 1. The molecular formula is C9H12BrN5O. The van der Waals surface area contributed by atoms with Crippen LogP contribution in [0.3, 0.4) is 0 Å². The van der Waals surface area contributed by atoms with Gasteiger partial charge in [0.15, 0.2) is 4.60 Å². The molecular weight excluding hydrogens is 274 g/mol. The average molecular weight is 286 g/mol. The number of hydrazine groups is 1. The third kappa shape index (κ3) is 1.77. The molecule has 16 heavy (non-hydrogen) atoms. The van der Waals surface area contributed by atoms with Crippen molar-refractivity contribution in [3.8, 4) is 0 Å². The van der Waals surface area contributed by atoms with E-state index in [-0.39, 0.29) is 6.04 Å². The molecule has 7 heteroatoms. The third-order valence-corrected chi connectivity index (χ3v) is 3.04. The van der Waals surface area contributed by atoms with Crippen LogP contribution in [0.2, 0.25) is 0 Å². The second-order valence-corrected chi connectivity index (χ2v) is 4.17. The summed E-state index contributed by atoms with van der Waals surface area (Å²) in [6.07, 6.45) is 1.63. The zero-order valence-corrected chi connectivity index (χ0v) is 10.5. The van der Waals surface area contributed by atoms with Crippen LogP contribution in [-0.4, -0.2) is 15.0 Å². The monoisotopic (exact) mass is 285 g/mol. The Morgan fingerprint density at radius 2 is 2.38 bits per heavy atom. The van der Waals surface area contributed by atoms with Crippen molar-refractivity contribution < 1.29 is 4.42 Å². The van der Waals surface area contributed by atoms with E-state index >= 15 is 0 Å². The minimum atomic E-state index is -0.201. The van der Waals surface area contributed by atoms with E-state index in [0.717, 1.165) is 17.0 Å². The lowest BCUT2D eigenvalue weighted by molar-refractivity contribution is 0.512. The van der Waals surface area contributed by atoms with E-state index in [0.29, 0.717) is 4.60 Å². The molecule has 0 spiro atoms. The van der Waals surface area contributed by atoms with Crippen LogP contribution in [-0.2, 0) is 7.05 Å². The largest absolute Gasteiger partial charge is 0.469 e. The summed E-state index contributed by atoms with van der Waals surface area (Å²) in [4.78, 5) is 0. The van der Waals surface area contributed by atoms with Gasteiger partial charge in [-0.05, 0) is 28.9 Å². The minimum Gasteiger partial charge on any atom is -0.469 e. The van der Waals surface area contributed by atoms with Gasteiger partial charge in [-0.25, -0.2) is 10.1 Å². The lowest BCUT2D eigenvalue weighted by Gasteiger charge is -2.15. The number of hydrogen-bond donors (Lipinski definition) is 2. The highest BCUT2D eigenvalue weighted by molar-refractivity contribution is 9.10. The maximum absolute atomic E-state index is 5.58. The number of aryl methyl sites for hydroxylation is 2. The third-order valence-electron chi connectivity index (χ3n) is 2.48. The first-order valence-corrected chi connectivity index (χ1v) is 5.49. The summed E-state index contributed by atoms with van der Waals surface area (Å²) >= 11 is 3.35. The minimum absolute atomic E-state index is 0.201. The van der Waals surface area contributed by atoms with E-state index in [2.05, 4.69) is 31.7 Å². The van der Waals surface area contributed by atoms with Crippen molar-refractivity contribution in [3.05, 3.63) is 34.0 Å². The number of nitrogens with one attached hydrogen (secondary N) is 1. The lowest BCUT2D eigenvalue weighted by atomic mass is 10.1. The van der Waals surface area contributed by atoms with Crippen molar-refractivity contribution in [1.82, 2.24) is 20.4 Å². The van der Waals surface area contributed by atoms with Crippen molar-refractivity contribution in [2.24, 2.45) is 12.9 Å². The lowest BCUT2D eigenvalue weighted by Crippen LogP contribution is -2.30. The number of furan rings is 1. The zero-order valence-electron chi connectivity index (χ0n) is 8.94. The van der Waals surface area contributed by atoms with E-state index in [1.54, 1.807) is 10.9 Å². The SMILES string of the molecule is Cc1occc1C(NN)c1c(Br)nnn1C. The van der Waals surface area contributed by atoms with Crippen LogP contribution in [0.25, 0.3) is 0 Å². The molecule has 2 heterocycles. The Hall–Kier alpha value is -1.18. The normalized spacial score (nSPS) is 13.0. The zero-order chi connectivity index (χ0) is 11.7. The van der Waals surface area contributed by atoms with Crippen molar-refractivity contribution in [1.29, 1.82) is 0 Å². The van der Waals surface area contributed by atoms with Crippen LogP contribution in [0.5, 0.6) is 0 Å². The fourth-order valence-electron chi connectivity index (χ4n) is 1.66. The van der Waals surface area contributed by atoms with E-state index < -0.39 is 0 Å².